The van der Waals surface area contributed by atoms with E-state index in [1.165, 1.54) is 0 Å². The number of methoxy groups -OCH3 is 1. The number of aromatic nitrogens is 2. The maximum atomic E-state index is 6.13. The number of rotatable bonds is 6. The summed E-state index contributed by atoms with van der Waals surface area (Å²) in [6.07, 6.45) is 3.72. The summed E-state index contributed by atoms with van der Waals surface area (Å²) in [4.78, 5) is 4.32. The average Bonchev–Trinajstić information content (AvgIpc) is 2.86. The van der Waals surface area contributed by atoms with E-state index in [1.54, 1.807) is 13.3 Å². The molecule has 0 saturated heterocycles. The molecule has 1 aromatic heterocycles. The number of halogens is 1. The van der Waals surface area contributed by atoms with E-state index in [1.807, 2.05) is 30.5 Å². The van der Waals surface area contributed by atoms with E-state index >= 15 is 0 Å². The molecule has 0 radical (unpaired) electrons. The van der Waals surface area contributed by atoms with Gasteiger partial charge in [-0.25, -0.2) is 4.98 Å². The topological polar surface area (TPSA) is 39.1 Å². The first kappa shape index (κ1) is 13.9. The van der Waals surface area contributed by atoms with Crippen LogP contribution in [0, 0.1) is 0 Å². The van der Waals surface area contributed by atoms with Gasteiger partial charge in [0.1, 0.15) is 0 Å². The lowest BCUT2D eigenvalue weighted by Gasteiger charge is -2.16. The number of ether oxygens (including phenoxy) is 1. The summed E-state index contributed by atoms with van der Waals surface area (Å²) in [6.45, 7) is 3.39. The normalized spacial score (nSPS) is 12.4. The van der Waals surface area contributed by atoms with E-state index in [0.29, 0.717) is 13.2 Å². The zero-order valence-electron chi connectivity index (χ0n) is 11.1. The Labute approximate surface area is 118 Å². The second-order valence-electron chi connectivity index (χ2n) is 4.41. The van der Waals surface area contributed by atoms with E-state index in [9.17, 15) is 0 Å². The Hall–Kier alpha value is -1.52. The summed E-state index contributed by atoms with van der Waals surface area (Å²) in [7, 11) is 1.70. The molecule has 5 heteroatoms. The number of imidazole rings is 1. The van der Waals surface area contributed by atoms with Gasteiger partial charge in [-0.05, 0) is 18.6 Å². The predicted octanol–water partition coefficient (Wildman–Crippen LogP) is 3.36. The van der Waals surface area contributed by atoms with Gasteiger partial charge in [0.15, 0.2) is 0 Å². The average molecular weight is 280 g/mol. The molecule has 0 aliphatic heterocycles. The van der Waals surface area contributed by atoms with E-state index in [2.05, 4.69) is 21.8 Å². The molecule has 1 heterocycles. The van der Waals surface area contributed by atoms with Crippen molar-refractivity contribution in [3.63, 3.8) is 0 Å². The fourth-order valence-electron chi connectivity index (χ4n) is 1.94. The highest BCUT2D eigenvalue weighted by Gasteiger charge is 2.09. The third-order valence-electron chi connectivity index (χ3n) is 2.95. The van der Waals surface area contributed by atoms with Crippen molar-refractivity contribution in [1.29, 1.82) is 0 Å². The second kappa shape index (κ2) is 6.59. The third kappa shape index (κ3) is 3.49. The Morgan fingerprint density at radius 3 is 2.95 bits per heavy atom. The first-order valence-corrected chi connectivity index (χ1v) is 6.59. The second-order valence-corrected chi connectivity index (χ2v) is 4.81. The van der Waals surface area contributed by atoms with Crippen LogP contribution in [0.2, 0.25) is 5.02 Å². The predicted molar refractivity (Wildman–Crippen MR) is 77.6 cm³/mol. The van der Waals surface area contributed by atoms with Gasteiger partial charge in [0.05, 0.1) is 12.6 Å². The summed E-state index contributed by atoms with van der Waals surface area (Å²) >= 11 is 6.13. The molecule has 0 aliphatic rings. The van der Waals surface area contributed by atoms with Crippen molar-refractivity contribution in [1.82, 2.24) is 9.55 Å². The molecule has 19 heavy (non-hydrogen) atoms. The summed E-state index contributed by atoms with van der Waals surface area (Å²) in [5.41, 5.74) is 1.05. The molecule has 2 aromatic rings. The molecule has 0 amide bonds. The lowest BCUT2D eigenvalue weighted by molar-refractivity contribution is 0.163. The van der Waals surface area contributed by atoms with Gasteiger partial charge in [0, 0.05) is 31.1 Å². The molecule has 102 valence electrons. The van der Waals surface area contributed by atoms with Crippen LogP contribution in [0.1, 0.15) is 18.5 Å². The zero-order chi connectivity index (χ0) is 13.7. The quantitative estimate of drug-likeness (QED) is 0.881. The van der Waals surface area contributed by atoms with Crippen LogP contribution >= 0.6 is 11.6 Å². The van der Waals surface area contributed by atoms with Gasteiger partial charge in [0.2, 0.25) is 5.95 Å². The summed E-state index contributed by atoms with van der Waals surface area (Å²) in [5, 5.41) is 4.06. The van der Waals surface area contributed by atoms with E-state index in [-0.39, 0.29) is 6.04 Å². The van der Waals surface area contributed by atoms with Crippen LogP contribution in [0.4, 0.5) is 5.95 Å². The standard InChI is InChI=1S/C14H18ClN3O/c1-11(10-19-2)18-8-7-16-14(18)17-9-12-5-3-4-6-13(12)15/h3-8,11H,9-10H2,1-2H3,(H,16,17). The molecule has 0 spiro atoms. The minimum Gasteiger partial charge on any atom is -0.383 e. The third-order valence-corrected chi connectivity index (χ3v) is 3.31. The van der Waals surface area contributed by atoms with Crippen LogP contribution < -0.4 is 5.32 Å². The number of nitrogens with one attached hydrogen (secondary N) is 1. The Bertz CT molecular complexity index is 527. The molecule has 0 fully saturated rings. The maximum Gasteiger partial charge on any atom is 0.203 e. The fourth-order valence-corrected chi connectivity index (χ4v) is 2.15. The molecular weight excluding hydrogens is 262 g/mol. The van der Waals surface area contributed by atoms with Gasteiger partial charge in [0.25, 0.3) is 0 Å². The first-order chi connectivity index (χ1) is 9.22. The molecule has 0 bridgehead atoms. The maximum absolute atomic E-state index is 6.13. The van der Waals surface area contributed by atoms with Crippen molar-refractivity contribution in [2.45, 2.75) is 19.5 Å². The van der Waals surface area contributed by atoms with Crippen molar-refractivity contribution in [2.24, 2.45) is 0 Å². The molecule has 0 saturated carbocycles. The number of hydrogen-bond acceptors (Lipinski definition) is 3. The Morgan fingerprint density at radius 1 is 1.42 bits per heavy atom. The number of hydrogen-bond donors (Lipinski definition) is 1. The highest BCUT2D eigenvalue weighted by Crippen LogP contribution is 2.18. The van der Waals surface area contributed by atoms with Crippen LogP contribution in [0.15, 0.2) is 36.7 Å². The van der Waals surface area contributed by atoms with E-state index in [0.717, 1.165) is 16.5 Å². The molecule has 0 aliphatic carbocycles. The SMILES string of the molecule is COCC(C)n1ccnc1NCc1ccccc1Cl. The minimum atomic E-state index is 0.237. The number of nitrogens with zero attached hydrogens (tertiary/aromatic N) is 2. The smallest absolute Gasteiger partial charge is 0.203 e. The Kier molecular flexibility index (Phi) is 4.82. The molecule has 1 N–H and O–H groups in total. The molecule has 1 atom stereocenters. The lowest BCUT2D eigenvalue weighted by atomic mass is 10.2. The van der Waals surface area contributed by atoms with Crippen molar-refractivity contribution in [3.05, 3.63) is 47.2 Å². The largest absolute Gasteiger partial charge is 0.383 e. The van der Waals surface area contributed by atoms with Crippen LogP contribution in [0.25, 0.3) is 0 Å². The fraction of sp³-hybridized carbons (Fsp3) is 0.357. The lowest BCUT2D eigenvalue weighted by Crippen LogP contribution is -2.14. The van der Waals surface area contributed by atoms with Gasteiger partial charge >= 0.3 is 0 Å². The van der Waals surface area contributed by atoms with Crippen molar-refractivity contribution in [2.75, 3.05) is 19.0 Å². The van der Waals surface area contributed by atoms with Crippen molar-refractivity contribution in [3.8, 4) is 0 Å². The van der Waals surface area contributed by atoms with Gasteiger partial charge in [-0.3, -0.25) is 0 Å². The molecule has 1 aromatic carbocycles. The van der Waals surface area contributed by atoms with E-state index < -0.39 is 0 Å². The monoisotopic (exact) mass is 279 g/mol. The Balaban J connectivity index is 2.04. The van der Waals surface area contributed by atoms with Crippen molar-refractivity contribution >= 4 is 17.5 Å². The molecule has 4 nitrogen and oxygen atoms in total. The molecular formula is C14H18ClN3O. The number of anilines is 1. The van der Waals surface area contributed by atoms with Crippen LogP contribution in [0.3, 0.4) is 0 Å². The number of benzene rings is 1. The van der Waals surface area contributed by atoms with Gasteiger partial charge in [-0.2, -0.15) is 0 Å². The van der Waals surface area contributed by atoms with Gasteiger partial charge in [-0.1, -0.05) is 29.8 Å². The van der Waals surface area contributed by atoms with Crippen LogP contribution in [-0.2, 0) is 11.3 Å². The van der Waals surface area contributed by atoms with Crippen LogP contribution in [0.5, 0.6) is 0 Å². The van der Waals surface area contributed by atoms with Crippen LogP contribution in [-0.4, -0.2) is 23.3 Å². The highest BCUT2D eigenvalue weighted by molar-refractivity contribution is 6.31. The molecule has 1 unspecified atom stereocenters. The summed E-state index contributed by atoms with van der Waals surface area (Å²) < 4.78 is 7.22. The summed E-state index contributed by atoms with van der Waals surface area (Å²) in [6, 6.07) is 8.03. The van der Waals surface area contributed by atoms with Gasteiger partial charge < -0.3 is 14.6 Å². The van der Waals surface area contributed by atoms with Crippen molar-refractivity contribution < 1.29 is 4.74 Å². The highest BCUT2D eigenvalue weighted by atomic mass is 35.5. The zero-order valence-corrected chi connectivity index (χ0v) is 11.9. The first-order valence-electron chi connectivity index (χ1n) is 6.21. The Morgan fingerprint density at radius 2 is 2.21 bits per heavy atom. The van der Waals surface area contributed by atoms with E-state index in [4.69, 9.17) is 16.3 Å². The molecule has 2 rings (SSSR count). The summed E-state index contributed by atoms with van der Waals surface area (Å²) in [5.74, 6) is 0.824. The minimum absolute atomic E-state index is 0.237. The van der Waals surface area contributed by atoms with Gasteiger partial charge in [-0.15, -0.1) is 0 Å².